The molecule has 0 saturated heterocycles. The fraction of sp³-hybridized carbons (Fsp3) is 0.273. The number of urea groups is 1. The van der Waals surface area contributed by atoms with Crippen molar-refractivity contribution in [3.63, 3.8) is 0 Å². The van der Waals surface area contributed by atoms with Crippen LogP contribution in [0.15, 0.2) is 27.1 Å². The van der Waals surface area contributed by atoms with Gasteiger partial charge in [0.2, 0.25) is 0 Å². The van der Waals surface area contributed by atoms with E-state index < -0.39 is 18.0 Å². The molecule has 2 amide bonds. The number of halogens is 2. The average molecular weight is 380 g/mol. The standard InChI is InChI=1S/C11H12Br2N2O3/c1-6(4-10(16)17)14-11(18)15-9-3-2-7(12)5-8(9)13/h2-3,5-6H,4H2,1H3,(H,16,17)(H2,14,15,18). The number of anilines is 1. The van der Waals surface area contributed by atoms with Crippen molar-refractivity contribution in [3.05, 3.63) is 27.1 Å². The maximum Gasteiger partial charge on any atom is 0.319 e. The summed E-state index contributed by atoms with van der Waals surface area (Å²) in [5.74, 6) is -0.951. The van der Waals surface area contributed by atoms with Crippen molar-refractivity contribution in [1.29, 1.82) is 0 Å². The highest BCUT2D eigenvalue weighted by Gasteiger charge is 2.11. The molecule has 0 radical (unpaired) electrons. The Morgan fingerprint density at radius 3 is 2.61 bits per heavy atom. The number of benzene rings is 1. The number of aliphatic carboxylic acids is 1. The molecule has 1 unspecified atom stereocenters. The van der Waals surface area contributed by atoms with Gasteiger partial charge in [0.25, 0.3) is 0 Å². The third kappa shape index (κ3) is 5.05. The minimum atomic E-state index is -0.951. The molecule has 0 fully saturated rings. The summed E-state index contributed by atoms with van der Waals surface area (Å²) < 4.78 is 1.62. The quantitative estimate of drug-likeness (QED) is 0.751. The van der Waals surface area contributed by atoms with Gasteiger partial charge in [0, 0.05) is 15.0 Å². The Bertz CT molecular complexity index is 466. The molecule has 98 valence electrons. The van der Waals surface area contributed by atoms with Crippen LogP contribution in [0.5, 0.6) is 0 Å². The normalized spacial score (nSPS) is 11.7. The van der Waals surface area contributed by atoms with Crippen LogP contribution in [0.3, 0.4) is 0 Å². The number of nitrogens with one attached hydrogen (secondary N) is 2. The Kier molecular flexibility index (Phi) is 5.61. The molecule has 18 heavy (non-hydrogen) atoms. The van der Waals surface area contributed by atoms with Crippen LogP contribution in [-0.2, 0) is 4.79 Å². The summed E-state index contributed by atoms with van der Waals surface area (Å²) in [6.07, 6.45) is -0.116. The van der Waals surface area contributed by atoms with Gasteiger partial charge in [0.1, 0.15) is 0 Å². The van der Waals surface area contributed by atoms with Gasteiger partial charge in [-0.25, -0.2) is 4.79 Å². The average Bonchev–Trinajstić information content (AvgIpc) is 2.20. The summed E-state index contributed by atoms with van der Waals surface area (Å²) >= 11 is 6.62. The van der Waals surface area contributed by atoms with Gasteiger partial charge in [0.05, 0.1) is 12.1 Å². The number of carbonyl (C=O) groups excluding carboxylic acids is 1. The fourth-order valence-corrected chi connectivity index (χ4v) is 2.43. The summed E-state index contributed by atoms with van der Waals surface area (Å²) in [6, 6.07) is 4.45. The predicted molar refractivity (Wildman–Crippen MR) is 75.7 cm³/mol. The van der Waals surface area contributed by atoms with Crippen molar-refractivity contribution in [3.8, 4) is 0 Å². The van der Waals surface area contributed by atoms with Crippen molar-refractivity contribution in [2.75, 3.05) is 5.32 Å². The second-order valence-electron chi connectivity index (χ2n) is 3.72. The lowest BCUT2D eigenvalue weighted by atomic mass is 10.2. The maximum absolute atomic E-state index is 11.6. The van der Waals surface area contributed by atoms with Crippen LogP contribution in [0.25, 0.3) is 0 Å². The Labute approximate surface area is 121 Å². The van der Waals surface area contributed by atoms with Gasteiger partial charge in [-0.3, -0.25) is 4.79 Å². The number of hydrogen-bond acceptors (Lipinski definition) is 2. The smallest absolute Gasteiger partial charge is 0.319 e. The Hall–Kier alpha value is -1.08. The van der Waals surface area contributed by atoms with Gasteiger partial charge in [-0.15, -0.1) is 0 Å². The molecule has 0 aromatic heterocycles. The molecule has 1 aromatic carbocycles. The molecule has 7 heteroatoms. The lowest BCUT2D eigenvalue weighted by Gasteiger charge is -2.13. The molecular weight excluding hydrogens is 368 g/mol. The van der Waals surface area contributed by atoms with Crippen LogP contribution < -0.4 is 10.6 Å². The van der Waals surface area contributed by atoms with Crippen LogP contribution in [0.4, 0.5) is 10.5 Å². The zero-order valence-corrected chi connectivity index (χ0v) is 12.7. The maximum atomic E-state index is 11.6. The molecule has 0 aliphatic rings. The number of amides is 2. The van der Waals surface area contributed by atoms with Gasteiger partial charge in [-0.1, -0.05) is 15.9 Å². The molecule has 0 saturated carbocycles. The lowest BCUT2D eigenvalue weighted by Crippen LogP contribution is -2.37. The van der Waals surface area contributed by atoms with Crippen molar-refractivity contribution in [1.82, 2.24) is 5.32 Å². The van der Waals surface area contributed by atoms with Crippen LogP contribution in [0.2, 0.25) is 0 Å². The van der Waals surface area contributed by atoms with E-state index >= 15 is 0 Å². The first-order chi connectivity index (χ1) is 8.38. The second kappa shape index (κ2) is 6.75. The van der Waals surface area contributed by atoms with E-state index in [0.29, 0.717) is 5.69 Å². The molecule has 0 bridgehead atoms. The van der Waals surface area contributed by atoms with E-state index in [4.69, 9.17) is 5.11 Å². The van der Waals surface area contributed by atoms with Crippen molar-refractivity contribution < 1.29 is 14.7 Å². The first-order valence-corrected chi connectivity index (χ1v) is 6.71. The topological polar surface area (TPSA) is 78.4 Å². The number of rotatable bonds is 4. The number of carboxylic acid groups (broad SMARTS) is 1. The minimum absolute atomic E-state index is 0.116. The number of carbonyl (C=O) groups is 2. The summed E-state index contributed by atoms with van der Waals surface area (Å²) in [4.78, 5) is 22.1. The molecule has 3 N–H and O–H groups in total. The molecule has 0 aliphatic heterocycles. The summed E-state index contributed by atoms with van der Waals surface area (Å²) in [5, 5.41) is 13.7. The van der Waals surface area contributed by atoms with Crippen LogP contribution in [0.1, 0.15) is 13.3 Å². The largest absolute Gasteiger partial charge is 0.481 e. The highest BCUT2D eigenvalue weighted by Crippen LogP contribution is 2.25. The van der Waals surface area contributed by atoms with Crippen molar-refractivity contribution in [2.24, 2.45) is 0 Å². The summed E-state index contributed by atoms with van der Waals surface area (Å²) in [6.45, 7) is 1.63. The van der Waals surface area contributed by atoms with Gasteiger partial charge < -0.3 is 15.7 Å². The van der Waals surface area contributed by atoms with Gasteiger partial charge in [0.15, 0.2) is 0 Å². The Morgan fingerprint density at radius 1 is 1.39 bits per heavy atom. The van der Waals surface area contributed by atoms with E-state index in [1.54, 1.807) is 25.1 Å². The van der Waals surface area contributed by atoms with Gasteiger partial charge >= 0.3 is 12.0 Å². The zero-order valence-electron chi connectivity index (χ0n) is 9.54. The van der Waals surface area contributed by atoms with E-state index in [1.807, 2.05) is 0 Å². The zero-order chi connectivity index (χ0) is 13.7. The third-order valence-electron chi connectivity index (χ3n) is 2.04. The van der Waals surface area contributed by atoms with Crippen LogP contribution >= 0.6 is 31.9 Å². The monoisotopic (exact) mass is 378 g/mol. The highest BCUT2D eigenvalue weighted by atomic mass is 79.9. The molecule has 1 aromatic rings. The molecule has 0 spiro atoms. The van der Waals surface area contributed by atoms with Gasteiger partial charge in [-0.05, 0) is 41.1 Å². The second-order valence-corrected chi connectivity index (χ2v) is 5.49. The number of hydrogen-bond donors (Lipinski definition) is 3. The Morgan fingerprint density at radius 2 is 2.06 bits per heavy atom. The first kappa shape index (κ1) is 15.0. The predicted octanol–water partition coefficient (Wildman–Crippen LogP) is 3.20. The van der Waals surface area contributed by atoms with E-state index in [-0.39, 0.29) is 6.42 Å². The molecule has 5 nitrogen and oxygen atoms in total. The Balaban J connectivity index is 2.56. The van der Waals surface area contributed by atoms with Gasteiger partial charge in [-0.2, -0.15) is 0 Å². The van der Waals surface area contributed by atoms with E-state index in [9.17, 15) is 9.59 Å². The third-order valence-corrected chi connectivity index (χ3v) is 3.19. The van der Waals surface area contributed by atoms with Crippen LogP contribution in [-0.4, -0.2) is 23.1 Å². The first-order valence-electron chi connectivity index (χ1n) is 5.13. The lowest BCUT2D eigenvalue weighted by molar-refractivity contribution is -0.137. The summed E-state index contributed by atoms with van der Waals surface area (Å²) in [7, 11) is 0. The molecule has 1 rings (SSSR count). The van der Waals surface area contributed by atoms with E-state index in [0.717, 1.165) is 8.95 Å². The van der Waals surface area contributed by atoms with Crippen LogP contribution in [0, 0.1) is 0 Å². The SMILES string of the molecule is CC(CC(=O)O)NC(=O)Nc1ccc(Br)cc1Br. The highest BCUT2D eigenvalue weighted by molar-refractivity contribution is 9.11. The summed E-state index contributed by atoms with van der Waals surface area (Å²) in [5.41, 5.74) is 0.609. The minimum Gasteiger partial charge on any atom is -0.481 e. The van der Waals surface area contributed by atoms with E-state index in [2.05, 4.69) is 42.5 Å². The molecular formula is C11H12Br2N2O3. The van der Waals surface area contributed by atoms with E-state index in [1.165, 1.54) is 0 Å². The molecule has 0 aliphatic carbocycles. The molecule has 1 atom stereocenters. The number of carboxylic acids is 1. The van der Waals surface area contributed by atoms with Crippen molar-refractivity contribution >= 4 is 49.5 Å². The van der Waals surface area contributed by atoms with Crippen molar-refractivity contribution in [2.45, 2.75) is 19.4 Å². The fourth-order valence-electron chi connectivity index (χ4n) is 1.29. The molecule has 0 heterocycles.